The highest BCUT2D eigenvalue weighted by molar-refractivity contribution is 6.22. The van der Waals surface area contributed by atoms with Crippen molar-refractivity contribution in [2.24, 2.45) is 5.92 Å². The minimum absolute atomic E-state index is 0.0216. The third-order valence-corrected chi connectivity index (χ3v) is 4.18. The van der Waals surface area contributed by atoms with E-state index in [2.05, 4.69) is 0 Å². The molecule has 0 radical (unpaired) electrons. The van der Waals surface area contributed by atoms with Crippen LogP contribution in [0.1, 0.15) is 27.1 Å². The fourth-order valence-electron chi connectivity index (χ4n) is 2.87. The summed E-state index contributed by atoms with van der Waals surface area (Å²) >= 11 is 0. The van der Waals surface area contributed by atoms with E-state index in [9.17, 15) is 27.6 Å². The van der Waals surface area contributed by atoms with Gasteiger partial charge in [0.15, 0.2) is 0 Å². The molecule has 1 atom stereocenters. The van der Waals surface area contributed by atoms with Crippen molar-refractivity contribution in [2.45, 2.75) is 12.6 Å². The Labute approximate surface area is 129 Å². The highest BCUT2D eigenvalue weighted by Crippen LogP contribution is 2.33. The molecule has 1 aromatic rings. The Morgan fingerprint density at radius 3 is 2.17 bits per heavy atom. The summed E-state index contributed by atoms with van der Waals surface area (Å²) in [6.07, 6.45) is -4.50. The molecule has 1 saturated heterocycles. The maximum atomic E-state index is 12.6. The SMILES string of the molecule is O=C(CN1C(=O)c2ccccc2C1=O)N1CCC(C(F)(F)F)C1. The number of halogens is 3. The number of rotatable bonds is 2. The zero-order chi connectivity index (χ0) is 16.8. The number of imide groups is 1. The van der Waals surface area contributed by atoms with Gasteiger partial charge < -0.3 is 4.90 Å². The molecule has 8 heteroatoms. The molecule has 2 aliphatic heterocycles. The molecule has 3 amide bonds. The molecule has 2 heterocycles. The Morgan fingerprint density at radius 2 is 1.70 bits per heavy atom. The van der Waals surface area contributed by atoms with Crippen molar-refractivity contribution < 1.29 is 27.6 Å². The van der Waals surface area contributed by atoms with Crippen LogP contribution in [0, 0.1) is 5.92 Å². The van der Waals surface area contributed by atoms with Crippen LogP contribution in [0.4, 0.5) is 13.2 Å². The third-order valence-electron chi connectivity index (χ3n) is 4.18. The summed E-state index contributed by atoms with van der Waals surface area (Å²) < 4.78 is 37.9. The van der Waals surface area contributed by atoms with Crippen molar-refractivity contribution in [3.63, 3.8) is 0 Å². The molecule has 0 saturated carbocycles. The van der Waals surface area contributed by atoms with E-state index < -0.39 is 42.9 Å². The zero-order valence-corrected chi connectivity index (χ0v) is 12.0. The quantitative estimate of drug-likeness (QED) is 0.777. The van der Waals surface area contributed by atoms with E-state index in [1.54, 1.807) is 12.1 Å². The van der Waals surface area contributed by atoms with E-state index in [1.807, 2.05) is 0 Å². The normalized spacial score (nSPS) is 21.1. The topological polar surface area (TPSA) is 57.7 Å². The number of benzene rings is 1. The summed E-state index contributed by atoms with van der Waals surface area (Å²) in [6, 6.07) is 6.17. The van der Waals surface area contributed by atoms with E-state index in [4.69, 9.17) is 0 Å². The molecule has 1 unspecified atom stereocenters. The first-order valence-electron chi connectivity index (χ1n) is 7.08. The first-order valence-corrected chi connectivity index (χ1v) is 7.08. The lowest BCUT2D eigenvalue weighted by molar-refractivity contribution is -0.171. The lowest BCUT2D eigenvalue weighted by atomic mass is 10.1. The molecule has 1 fully saturated rings. The maximum Gasteiger partial charge on any atom is 0.393 e. The van der Waals surface area contributed by atoms with E-state index in [0.717, 1.165) is 9.80 Å². The average molecular weight is 326 g/mol. The van der Waals surface area contributed by atoms with Gasteiger partial charge in [-0.05, 0) is 18.6 Å². The number of alkyl halides is 3. The lowest BCUT2D eigenvalue weighted by Crippen LogP contribution is -2.42. The molecule has 0 aromatic heterocycles. The second kappa shape index (κ2) is 5.36. The number of likely N-dealkylation sites (tertiary alicyclic amines) is 1. The van der Waals surface area contributed by atoms with Crippen molar-refractivity contribution >= 4 is 17.7 Å². The summed E-state index contributed by atoms with van der Waals surface area (Å²) in [4.78, 5) is 38.2. The first-order chi connectivity index (χ1) is 10.8. The van der Waals surface area contributed by atoms with Gasteiger partial charge in [0.1, 0.15) is 6.54 Å². The van der Waals surface area contributed by atoms with Gasteiger partial charge in [-0.1, -0.05) is 12.1 Å². The van der Waals surface area contributed by atoms with Crippen LogP contribution in [0.3, 0.4) is 0 Å². The van der Waals surface area contributed by atoms with Crippen LogP contribution in [0.15, 0.2) is 24.3 Å². The number of amides is 3. The maximum absolute atomic E-state index is 12.6. The van der Waals surface area contributed by atoms with Gasteiger partial charge >= 0.3 is 6.18 Å². The molecule has 0 N–H and O–H groups in total. The van der Waals surface area contributed by atoms with Crippen molar-refractivity contribution in [3.05, 3.63) is 35.4 Å². The van der Waals surface area contributed by atoms with Gasteiger partial charge in [0, 0.05) is 13.1 Å². The average Bonchev–Trinajstić information content (AvgIpc) is 3.08. The molecule has 5 nitrogen and oxygen atoms in total. The van der Waals surface area contributed by atoms with Crippen molar-refractivity contribution in [1.29, 1.82) is 0 Å². The number of fused-ring (bicyclic) bond motifs is 1. The van der Waals surface area contributed by atoms with Crippen molar-refractivity contribution in [2.75, 3.05) is 19.6 Å². The Morgan fingerprint density at radius 1 is 1.13 bits per heavy atom. The van der Waals surface area contributed by atoms with Crippen LogP contribution in [-0.4, -0.2) is 53.3 Å². The molecule has 2 aliphatic rings. The minimum Gasteiger partial charge on any atom is -0.341 e. The molecule has 1 aromatic carbocycles. The zero-order valence-electron chi connectivity index (χ0n) is 12.0. The van der Waals surface area contributed by atoms with Gasteiger partial charge in [-0.3, -0.25) is 19.3 Å². The standard InChI is InChI=1S/C15H13F3N2O3/c16-15(17,18)9-5-6-19(7-9)12(21)8-20-13(22)10-3-1-2-4-11(10)14(20)23/h1-4,9H,5-8H2. The molecule has 0 bridgehead atoms. The van der Waals surface area contributed by atoms with Crippen LogP contribution in [0.25, 0.3) is 0 Å². The third kappa shape index (κ3) is 2.69. The van der Waals surface area contributed by atoms with Gasteiger partial charge in [0.2, 0.25) is 5.91 Å². The molecule has 23 heavy (non-hydrogen) atoms. The summed E-state index contributed by atoms with van der Waals surface area (Å²) in [5, 5.41) is 0. The van der Waals surface area contributed by atoms with Gasteiger partial charge in [-0.15, -0.1) is 0 Å². The van der Waals surface area contributed by atoms with Crippen LogP contribution in [0.2, 0.25) is 0 Å². The smallest absolute Gasteiger partial charge is 0.341 e. The summed E-state index contributed by atoms with van der Waals surface area (Å²) in [7, 11) is 0. The largest absolute Gasteiger partial charge is 0.393 e. The van der Waals surface area contributed by atoms with Crippen molar-refractivity contribution in [3.8, 4) is 0 Å². The van der Waals surface area contributed by atoms with Crippen LogP contribution >= 0.6 is 0 Å². The Bertz CT molecular complexity index is 652. The van der Waals surface area contributed by atoms with Crippen LogP contribution < -0.4 is 0 Å². The van der Waals surface area contributed by atoms with E-state index >= 15 is 0 Å². The second-order valence-electron chi connectivity index (χ2n) is 5.61. The van der Waals surface area contributed by atoms with Crippen LogP contribution in [0.5, 0.6) is 0 Å². The number of hydrogen-bond donors (Lipinski definition) is 0. The predicted molar refractivity (Wildman–Crippen MR) is 72.6 cm³/mol. The Hall–Kier alpha value is -2.38. The molecule has 122 valence electrons. The van der Waals surface area contributed by atoms with Gasteiger partial charge in [0.05, 0.1) is 17.0 Å². The van der Waals surface area contributed by atoms with E-state index in [-0.39, 0.29) is 24.1 Å². The molecule has 0 aliphatic carbocycles. The van der Waals surface area contributed by atoms with E-state index in [0.29, 0.717) is 0 Å². The summed E-state index contributed by atoms with van der Waals surface area (Å²) in [5.74, 6) is -3.38. The Kier molecular flexibility index (Phi) is 3.62. The number of nitrogens with zero attached hydrogens (tertiary/aromatic N) is 2. The fourth-order valence-corrected chi connectivity index (χ4v) is 2.87. The summed E-state index contributed by atoms with van der Waals surface area (Å²) in [6.45, 7) is -0.978. The van der Waals surface area contributed by atoms with Crippen molar-refractivity contribution in [1.82, 2.24) is 9.80 Å². The van der Waals surface area contributed by atoms with E-state index in [1.165, 1.54) is 12.1 Å². The minimum atomic E-state index is -4.34. The second-order valence-corrected chi connectivity index (χ2v) is 5.61. The number of carbonyl (C=O) groups excluding carboxylic acids is 3. The van der Waals surface area contributed by atoms with Gasteiger partial charge in [-0.2, -0.15) is 13.2 Å². The Balaban J connectivity index is 1.68. The first kappa shape index (κ1) is 15.5. The predicted octanol–water partition coefficient (Wildman–Crippen LogP) is 1.69. The monoisotopic (exact) mass is 326 g/mol. The fraction of sp³-hybridized carbons (Fsp3) is 0.400. The molecule has 3 rings (SSSR count). The van der Waals surface area contributed by atoms with Gasteiger partial charge in [0.25, 0.3) is 11.8 Å². The van der Waals surface area contributed by atoms with Gasteiger partial charge in [-0.25, -0.2) is 0 Å². The number of hydrogen-bond acceptors (Lipinski definition) is 3. The highest BCUT2D eigenvalue weighted by atomic mass is 19.4. The number of carbonyl (C=O) groups is 3. The lowest BCUT2D eigenvalue weighted by Gasteiger charge is -2.21. The summed E-state index contributed by atoms with van der Waals surface area (Å²) in [5.41, 5.74) is 0.416. The highest BCUT2D eigenvalue weighted by Gasteiger charge is 2.45. The molecular formula is C15H13F3N2O3. The molecule has 0 spiro atoms. The molecular weight excluding hydrogens is 313 g/mol. The van der Waals surface area contributed by atoms with Crippen LogP contribution in [-0.2, 0) is 4.79 Å².